The quantitative estimate of drug-likeness (QED) is 0.591. The first kappa shape index (κ1) is 18.3. The van der Waals surface area contributed by atoms with Crippen LogP contribution in [0, 0.1) is 17.0 Å². The molecule has 28 heavy (non-hydrogen) atoms. The van der Waals surface area contributed by atoms with Crippen molar-refractivity contribution in [1.29, 1.82) is 0 Å². The van der Waals surface area contributed by atoms with E-state index in [4.69, 9.17) is 9.47 Å². The van der Waals surface area contributed by atoms with E-state index in [1.807, 2.05) is 18.2 Å². The third-order valence-corrected chi connectivity index (χ3v) is 5.32. The van der Waals surface area contributed by atoms with Gasteiger partial charge in [-0.2, -0.15) is 0 Å². The number of hydrogen-bond donors (Lipinski definition) is 0. The van der Waals surface area contributed by atoms with Crippen molar-refractivity contribution in [2.75, 3.05) is 19.8 Å². The molecule has 1 atom stereocenters. The number of nitro groups is 1. The summed E-state index contributed by atoms with van der Waals surface area (Å²) in [7, 11) is 0. The molecule has 2 aliphatic rings. The number of fused-ring (bicyclic) bond motifs is 1. The highest BCUT2D eigenvalue weighted by Gasteiger charge is 2.32. The number of likely N-dealkylation sites (tertiary alicyclic amines) is 1. The number of hydrogen-bond acceptors (Lipinski definition) is 5. The Kier molecular flexibility index (Phi) is 4.90. The summed E-state index contributed by atoms with van der Waals surface area (Å²) < 4.78 is 11.5. The molecule has 7 nitrogen and oxygen atoms in total. The zero-order valence-electron chi connectivity index (χ0n) is 15.7. The molecule has 0 N–H and O–H groups in total. The summed E-state index contributed by atoms with van der Waals surface area (Å²) in [6.45, 7) is 3.53. The van der Waals surface area contributed by atoms with Gasteiger partial charge in [0.2, 0.25) is 0 Å². The van der Waals surface area contributed by atoms with Gasteiger partial charge in [-0.1, -0.05) is 12.1 Å². The molecule has 0 aromatic heterocycles. The van der Waals surface area contributed by atoms with Crippen LogP contribution in [0.1, 0.15) is 46.8 Å². The first-order valence-corrected chi connectivity index (χ1v) is 9.50. The molecule has 2 aromatic rings. The average Bonchev–Trinajstić information content (AvgIpc) is 3.06. The van der Waals surface area contributed by atoms with Crippen LogP contribution in [0.2, 0.25) is 0 Å². The SMILES string of the molecule is Cc1ccc(C(=O)N2CCC[C@H]2c2ccc3c(c2)OCCCO3)cc1[N+](=O)[O-]. The molecule has 2 aliphatic heterocycles. The van der Waals surface area contributed by atoms with Crippen LogP contribution in [-0.2, 0) is 0 Å². The maximum Gasteiger partial charge on any atom is 0.273 e. The van der Waals surface area contributed by atoms with E-state index >= 15 is 0 Å². The first-order valence-electron chi connectivity index (χ1n) is 9.50. The predicted molar refractivity (Wildman–Crippen MR) is 103 cm³/mol. The van der Waals surface area contributed by atoms with E-state index in [2.05, 4.69) is 0 Å². The van der Waals surface area contributed by atoms with E-state index in [0.29, 0.717) is 36.6 Å². The Morgan fingerprint density at radius 2 is 1.89 bits per heavy atom. The largest absolute Gasteiger partial charge is 0.490 e. The molecule has 2 heterocycles. The van der Waals surface area contributed by atoms with Crippen LogP contribution < -0.4 is 9.47 Å². The Labute approximate surface area is 163 Å². The van der Waals surface area contributed by atoms with Crippen molar-refractivity contribution in [3.05, 3.63) is 63.2 Å². The van der Waals surface area contributed by atoms with Gasteiger partial charge in [0, 0.05) is 30.2 Å². The monoisotopic (exact) mass is 382 g/mol. The molecule has 1 saturated heterocycles. The summed E-state index contributed by atoms with van der Waals surface area (Å²) in [6, 6.07) is 10.4. The highest BCUT2D eigenvalue weighted by molar-refractivity contribution is 5.95. The molecule has 2 aromatic carbocycles. The predicted octanol–water partition coefficient (Wildman–Crippen LogP) is 4.04. The van der Waals surface area contributed by atoms with Gasteiger partial charge in [-0.15, -0.1) is 0 Å². The molecule has 0 saturated carbocycles. The number of ether oxygens (including phenoxy) is 2. The van der Waals surface area contributed by atoms with Gasteiger partial charge in [-0.05, 0) is 43.5 Å². The second kappa shape index (κ2) is 7.50. The molecule has 0 unspecified atom stereocenters. The minimum atomic E-state index is -0.447. The van der Waals surface area contributed by atoms with Crippen LogP contribution in [0.3, 0.4) is 0 Å². The van der Waals surface area contributed by atoms with Gasteiger partial charge >= 0.3 is 0 Å². The number of aryl methyl sites for hydroxylation is 1. The molecule has 7 heteroatoms. The molecule has 0 spiro atoms. The van der Waals surface area contributed by atoms with E-state index in [9.17, 15) is 14.9 Å². The first-order chi connectivity index (χ1) is 13.5. The van der Waals surface area contributed by atoms with E-state index in [1.54, 1.807) is 24.0 Å². The minimum absolute atomic E-state index is 0.0304. The van der Waals surface area contributed by atoms with Crippen molar-refractivity contribution in [2.45, 2.75) is 32.2 Å². The van der Waals surface area contributed by atoms with Crippen molar-refractivity contribution < 1.29 is 19.2 Å². The van der Waals surface area contributed by atoms with Crippen LogP contribution in [0.15, 0.2) is 36.4 Å². The van der Waals surface area contributed by atoms with Crippen LogP contribution in [0.25, 0.3) is 0 Å². The van der Waals surface area contributed by atoms with Gasteiger partial charge in [0.25, 0.3) is 11.6 Å². The van der Waals surface area contributed by atoms with Crippen molar-refractivity contribution in [3.63, 3.8) is 0 Å². The lowest BCUT2D eigenvalue weighted by atomic mass is 10.0. The van der Waals surface area contributed by atoms with E-state index in [-0.39, 0.29) is 17.6 Å². The maximum absolute atomic E-state index is 13.1. The van der Waals surface area contributed by atoms with Crippen LogP contribution in [-0.4, -0.2) is 35.5 Å². The third kappa shape index (κ3) is 3.40. The second-order valence-corrected chi connectivity index (χ2v) is 7.17. The van der Waals surface area contributed by atoms with Gasteiger partial charge in [-0.25, -0.2) is 0 Å². The number of amides is 1. The number of nitro benzene ring substituents is 1. The zero-order valence-corrected chi connectivity index (χ0v) is 15.7. The Morgan fingerprint density at radius 1 is 1.11 bits per heavy atom. The number of rotatable bonds is 3. The summed E-state index contributed by atoms with van der Waals surface area (Å²) in [5, 5.41) is 11.2. The van der Waals surface area contributed by atoms with Gasteiger partial charge in [0.15, 0.2) is 11.5 Å². The Hall–Kier alpha value is -3.09. The topological polar surface area (TPSA) is 81.9 Å². The fourth-order valence-corrected chi connectivity index (χ4v) is 3.85. The van der Waals surface area contributed by atoms with Crippen molar-refractivity contribution in [1.82, 2.24) is 4.90 Å². The maximum atomic E-state index is 13.1. The molecule has 146 valence electrons. The van der Waals surface area contributed by atoms with Crippen LogP contribution in [0.5, 0.6) is 11.5 Å². The fraction of sp³-hybridized carbons (Fsp3) is 0.381. The van der Waals surface area contributed by atoms with Crippen molar-refractivity contribution >= 4 is 11.6 Å². The number of carbonyl (C=O) groups is 1. The van der Waals surface area contributed by atoms with Crippen molar-refractivity contribution in [3.8, 4) is 11.5 Å². The van der Waals surface area contributed by atoms with Gasteiger partial charge in [-0.3, -0.25) is 14.9 Å². The molecule has 1 fully saturated rings. The zero-order chi connectivity index (χ0) is 19.7. The Bertz CT molecular complexity index is 927. The van der Waals surface area contributed by atoms with Crippen LogP contribution in [0.4, 0.5) is 5.69 Å². The van der Waals surface area contributed by atoms with Crippen LogP contribution >= 0.6 is 0 Å². The lowest BCUT2D eigenvalue weighted by Gasteiger charge is -2.26. The Morgan fingerprint density at radius 3 is 2.68 bits per heavy atom. The lowest BCUT2D eigenvalue weighted by Crippen LogP contribution is -2.30. The third-order valence-electron chi connectivity index (χ3n) is 5.32. The summed E-state index contributed by atoms with van der Waals surface area (Å²) in [4.78, 5) is 25.7. The molecule has 0 bridgehead atoms. The lowest BCUT2D eigenvalue weighted by molar-refractivity contribution is -0.385. The molecular weight excluding hydrogens is 360 g/mol. The standard InChI is InChI=1S/C21H22N2O5/c1-14-5-6-16(12-18(14)23(25)26)21(24)22-9-2-4-17(22)15-7-8-19-20(13-15)28-11-3-10-27-19/h5-8,12-13,17H,2-4,9-11H2,1H3/t17-/m0/s1. The fourth-order valence-electron chi connectivity index (χ4n) is 3.85. The van der Waals surface area contributed by atoms with Gasteiger partial charge < -0.3 is 14.4 Å². The summed E-state index contributed by atoms with van der Waals surface area (Å²) in [5.74, 6) is 1.25. The second-order valence-electron chi connectivity index (χ2n) is 7.17. The molecule has 0 aliphatic carbocycles. The van der Waals surface area contributed by atoms with E-state index < -0.39 is 4.92 Å². The Balaban J connectivity index is 1.62. The number of benzene rings is 2. The summed E-state index contributed by atoms with van der Waals surface area (Å²) in [6.07, 6.45) is 2.57. The molecule has 4 rings (SSSR count). The summed E-state index contributed by atoms with van der Waals surface area (Å²) in [5.41, 5.74) is 1.86. The number of nitrogens with zero attached hydrogens (tertiary/aromatic N) is 2. The van der Waals surface area contributed by atoms with E-state index in [0.717, 1.165) is 30.6 Å². The molecule has 0 radical (unpaired) electrons. The normalized spacial score (nSPS) is 18.6. The van der Waals surface area contributed by atoms with Gasteiger partial charge in [0.1, 0.15) is 0 Å². The minimum Gasteiger partial charge on any atom is -0.490 e. The summed E-state index contributed by atoms with van der Waals surface area (Å²) >= 11 is 0. The average molecular weight is 382 g/mol. The highest BCUT2D eigenvalue weighted by atomic mass is 16.6. The van der Waals surface area contributed by atoms with Gasteiger partial charge in [0.05, 0.1) is 24.2 Å². The van der Waals surface area contributed by atoms with Crippen molar-refractivity contribution in [2.24, 2.45) is 0 Å². The highest BCUT2D eigenvalue weighted by Crippen LogP contribution is 2.38. The molecule has 1 amide bonds. The smallest absolute Gasteiger partial charge is 0.273 e. The molecular formula is C21H22N2O5. The number of carbonyl (C=O) groups excluding carboxylic acids is 1. The van der Waals surface area contributed by atoms with E-state index in [1.165, 1.54) is 6.07 Å².